The number of ketones is 1. The summed E-state index contributed by atoms with van der Waals surface area (Å²) >= 11 is 0. The van der Waals surface area contributed by atoms with Crippen LogP contribution in [0.15, 0.2) is 30.6 Å². The summed E-state index contributed by atoms with van der Waals surface area (Å²) < 4.78 is 5.56. The molecular weight excluding hydrogens is 390 g/mol. The van der Waals surface area contributed by atoms with Crippen molar-refractivity contribution in [2.24, 2.45) is 5.73 Å². The third-order valence-corrected chi connectivity index (χ3v) is 6.58. The summed E-state index contributed by atoms with van der Waals surface area (Å²) in [6.45, 7) is 1.47. The van der Waals surface area contributed by atoms with Crippen LogP contribution in [0.1, 0.15) is 66.2 Å². The van der Waals surface area contributed by atoms with Crippen LogP contribution in [0.2, 0.25) is 0 Å². The van der Waals surface area contributed by atoms with Crippen molar-refractivity contribution in [3.05, 3.63) is 47.5 Å². The van der Waals surface area contributed by atoms with Gasteiger partial charge in [0.1, 0.15) is 5.69 Å². The first-order chi connectivity index (χ1) is 15.0. The number of hydrogen-bond acceptors (Lipinski definition) is 7. The Morgan fingerprint density at radius 3 is 2.77 bits per heavy atom. The third-order valence-electron chi connectivity index (χ3n) is 6.58. The van der Waals surface area contributed by atoms with Crippen LogP contribution in [-0.2, 0) is 11.2 Å². The molecule has 0 unspecified atom stereocenters. The van der Waals surface area contributed by atoms with Crippen LogP contribution in [-0.4, -0.2) is 48.1 Å². The highest BCUT2D eigenvalue weighted by molar-refractivity contribution is 6.00. The van der Waals surface area contributed by atoms with Crippen molar-refractivity contribution in [2.45, 2.75) is 63.0 Å². The highest BCUT2D eigenvalue weighted by atomic mass is 16.5. The molecule has 31 heavy (non-hydrogen) atoms. The smallest absolute Gasteiger partial charge is 0.187 e. The number of nitrogens with zero attached hydrogens (tertiary/aromatic N) is 3. The summed E-state index contributed by atoms with van der Waals surface area (Å²) in [7, 11) is 1.71. The first kappa shape index (κ1) is 21.7. The Kier molecular flexibility index (Phi) is 6.83. The van der Waals surface area contributed by atoms with Crippen LogP contribution >= 0.6 is 0 Å². The summed E-state index contributed by atoms with van der Waals surface area (Å²) in [6.07, 6.45) is 10.6. The van der Waals surface area contributed by atoms with Gasteiger partial charge in [0.2, 0.25) is 0 Å². The minimum atomic E-state index is -0.0750. The molecule has 166 valence electrons. The highest BCUT2D eigenvalue weighted by Gasteiger charge is 2.27. The van der Waals surface area contributed by atoms with Crippen molar-refractivity contribution in [1.29, 1.82) is 0 Å². The number of nitrogens with two attached hydrogens (primary N) is 2. The molecule has 2 aliphatic rings. The molecule has 1 aliphatic heterocycles. The SMILES string of the molecule is CO[C@@H]1C[C@H](N)CN(c2ccncc2CC(=O)c2nc(C3CCCCC3)ccc2N)C1. The summed E-state index contributed by atoms with van der Waals surface area (Å²) in [6, 6.07) is 5.79. The largest absolute Gasteiger partial charge is 0.397 e. The van der Waals surface area contributed by atoms with Gasteiger partial charge in [0, 0.05) is 67.9 Å². The molecule has 1 aliphatic carbocycles. The number of pyridine rings is 2. The van der Waals surface area contributed by atoms with Crippen molar-refractivity contribution in [2.75, 3.05) is 30.8 Å². The van der Waals surface area contributed by atoms with Gasteiger partial charge >= 0.3 is 0 Å². The van der Waals surface area contributed by atoms with E-state index in [0.717, 1.165) is 49.3 Å². The maximum absolute atomic E-state index is 13.3. The van der Waals surface area contributed by atoms with Crippen LogP contribution in [0, 0.1) is 0 Å². The van der Waals surface area contributed by atoms with E-state index in [2.05, 4.69) is 9.88 Å². The Bertz CT molecular complexity index is 913. The fraction of sp³-hybridized carbons (Fsp3) is 0.542. The van der Waals surface area contributed by atoms with Crippen LogP contribution < -0.4 is 16.4 Å². The first-order valence-corrected chi connectivity index (χ1v) is 11.3. The van der Waals surface area contributed by atoms with Crippen molar-refractivity contribution < 1.29 is 9.53 Å². The lowest BCUT2D eigenvalue weighted by atomic mass is 9.86. The summed E-state index contributed by atoms with van der Waals surface area (Å²) in [5.74, 6) is 0.352. The van der Waals surface area contributed by atoms with Crippen LogP contribution in [0.4, 0.5) is 11.4 Å². The van der Waals surface area contributed by atoms with E-state index in [4.69, 9.17) is 21.2 Å². The quantitative estimate of drug-likeness (QED) is 0.688. The summed E-state index contributed by atoms with van der Waals surface area (Å²) in [5, 5.41) is 0. The molecule has 2 aromatic heterocycles. The molecule has 2 fully saturated rings. The Labute approximate surface area is 184 Å². The monoisotopic (exact) mass is 423 g/mol. The van der Waals surface area contributed by atoms with E-state index in [1.165, 1.54) is 19.3 Å². The van der Waals surface area contributed by atoms with Gasteiger partial charge in [-0.1, -0.05) is 19.3 Å². The molecule has 7 nitrogen and oxygen atoms in total. The minimum absolute atomic E-state index is 0.0277. The molecule has 4 N–H and O–H groups in total. The van der Waals surface area contributed by atoms with E-state index in [1.54, 1.807) is 19.5 Å². The zero-order valence-electron chi connectivity index (χ0n) is 18.3. The lowest BCUT2D eigenvalue weighted by Crippen LogP contribution is -2.50. The van der Waals surface area contributed by atoms with Crippen LogP contribution in [0.5, 0.6) is 0 Å². The molecule has 0 aromatic carbocycles. The van der Waals surface area contributed by atoms with Gasteiger partial charge in [0.25, 0.3) is 0 Å². The normalized spacial score (nSPS) is 22.5. The van der Waals surface area contributed by atoms with Gasteiger partial charge in [0.05, 0.1) is 11.8 Å². The van der Waals surface area contributed by atoms with Gasteiger partial charge in [-0.25, -0.2) is 4.98 Å². The number of piperidine rings is 1. The number of ether oxygens (including phenoxy) is 1. The molecule has 7 heteroatoms. The molecule has 3 heterocycles. The molecule has 1 saturated carbocycles. The minimum Gasteiger partial charge on any atom is -0.397 e. The summed E-state index contributed by atoms with van der Waals surface area (Å²) in [4.78, 5) is 24.4. The van der Waals surface area contributed by atoms with Crippen LogP contribution in [0.3, 0.4) is 0 Å². The number of carbonyl (C=O) groups is 1. The molecule has 0 radical (unpaired) electrons. The van der Waals surface area contributed by atoms with Crippen molar-refractivity contribution in [3.63, 3.8) is 0 Å². The molecule has 1 saturated heterocycles. The lowest BCUT2D eigenvalue weighted by Gasteiger charge is -2.37. The Hall–Kier alpha value is -2.51. The van der Waals surface area contributed by atoms with Crippen molar-refractivity contribution in [1.82, 2.24) is 9.97 Å². The number of Topliss-reactive ketones (excluding diaryl/α,β-unsaturated/α-hetero) is 1. The number of aromatic nitrogens is 2. The van der Waals surface area contributed by atoms with E-state index in [0.29, 0.717) is 17.3 Å². The molecule has 4 rings (SSSR count). The second-order valence-electron chi connectivity index (χ2n) is 8.87. The molecule has 0 spiro atoms. The van der Waals surface area contributed by atoms with Crippen molar-refractivity contribution >= 4 is 17.2 Å². The Balaban J connectivity index is 1.55. The number of nitrogen functional groups attached to an aromatic ring is 1. The number of rotatable bonds is 6. The predicted molar refractivity (Wildman–Crippen MR) is 122 cm³/mol. The van der Waals surface area contributed by atoms with E-state index in [9.17, 15) is 4.79 Å². The van der Waals surface area contributed by atoms with Gasteiger partial charge in [-0.2, -0.15) is 0 Å². The van der Waals surface area contributed by atoms with E-state index < -0.39 is 0 Å². The average Bonchev–Trinajstić information content (AvgIpc) is 2.79. The van der Waals surface area contributed by atoms with Gasteiger partial charge in [-0.05, 0) is 37.5 Å². The molecule has 0 amide bonds. The predicted octanol–water partition coefficient (Wildman–Crippen LogP) is 3.08. The molecule has 2 atom stereocenters. The Morgan fingerprint density at radius 2 is 2.00 bits per heavy atom. The molecular formula is C24H33N5O2. The zero-order valence-corrected chi connectivity index (χ0v) is 18.3. The fourth-order valence-corrected chi connectivity index (χ4v) is 4.91. The summed E-state index contributed by atoms with van der Waals surface area (Å²) in [5.41, 5.74) is 16.1. The molecule has 2 aromatic rings. The maximum Gasteiger partial charge on any atom is 0.187 e. The van der Waals surface area contributed by atoms with Gasteiger partial charge < -0.3 is 21.1 Å². The van der Waals surface area contributed by atoms with Gasteiger partial charge in [0.15, 0.2) is 5.78 Å². The Morgan fingerprint density at radius 1 is 1.19 bits per heavy atom. The number of hydrogen-bond donors (Lipinski definition) is 2. The van der Waals surface area contributed by atoms with E-state index >= 15 is 0 Å². The average molecular weight is 424 g/mol. The standard InChI is InChI=1S/C24H33N5O2/c1-31-19-12-18(25)14-29(15-19)22-9-10-27-13-17(22)11-23(30)24-20(26)7-8-21(28-24)16-5-3-2-4-6-16/h7-10,13,16,18-19H,2-6,11-12,14-15,25-26H2,1H3/t18-,19+/m0/s1. The maximum atomic E-state index is 13.3. The van der Waals surface area contributed by atoms with E-state index in [-0.39, 0.29) is 24.3 Å². The second-order valence-corrected chi connectivity index (χ2v) is 8.87. The zero-order chi connectivity index (χ0) is 21.8. The number of anilines is 2. The van der Waals surface area contributed by atoms with Gasteiger partial charge in [-0.15, -0.1) is 0 Å². The fourth-order valence-electron chi connectivity index (χ4n) is 4.91. The second kappa shape index (κ2) is 9.75. The highest BCUT2D eigenvalue weighted by Crippen LogP contribution is 2.32. The number of methoxy groups -OCH3 is 1. The van der Waals surface area contributed by atoms with E-state index in [1.807, 2.05) is 18.2 Å². The van der Waals surface area contributed by atoms with Gasteiger partial charge in [-0.3, -0.25) is 9.78 Å². The molecule has 0 bridgehead atoms. The van der Waals surface area contributed by atoms with Crippen molar-refractivity contribution in [3.8, 4) is 0 Å². The van der Waals surface area contributed by atoms with Crippen LogP contribution in [0.25, 0.3) is 0 Å². The topological polar surface area (TPSA) is 107 Å². The number of carbonyl (C=O) groups excluding carboxylic acids is 1. The first-order valence-electron chi connectivity index (χ1n) is 11.3. The lowest BCUT2D eigenvalue weighted by molar-refractivity contribution is 0.0835. The third kappa shape index (κ3) is 5.05.